The number of hydrogen-bond acceptors (Lipinski definition) is 16. The molecule has 1 saturated carbocycles. The minimum Gasteiger partial charge on any atom is -0.460 e. The molecule has 16 atom stereocenters. The maximum Gasteiger partial charge on any atom is 0.329 e. The molecule has 17 heteroatoms. The number of ether oxygens (including phenoxy) is 7. The van der Waals surface area contributed by atoms with E-state index in [9.17, 15) is 39.3 Å². The standard InChI is InChI=1S/C60H96N2O15/c1-38-17-12-11-13-18-39(2)51(75-30-27-63)35-47-22-20-44(7)60(70,77-47)57(67)58(68)62-25-15-14-19-48(62)59(69)76-52(36-49(64)40(3)32-43(6)55(66)56(72-10)54(65)42(5)31-38)41(4)33-46-21-23-50(53(34-46)71-9)74-28-16-24-61-26-29-73-37-45(61)8/h11-13,17-18,32,38,40-42,44-48,50-53,55-56,63,66,70H,14-16,19-31,33-37H2,1-10H3/b13-11+,17-12+,39-18+,43-32+/t38-,40-,41-,42-,44-,45-,46+,47+,48?,50-,51?,52+,53-,55-,56+,60-/m1/s1. The molecule has 4 heterocycles. The molecule has 2 bridgehead atoms. The van der Waals surface area contributed by atoms with Crippen LogP contribution in [-0.4, -0.2) is 182 Å². The number of carbonyl (C=O) groups is 5. The van der Waals surface area contributed by atoms with Crippen molar-refractivity contribution in [2.75, 3.05) is 66.9 Å². The largest absolute Gasteiger partial charge is 0.460 e. The Morgan fingerprint density at radius 1 is 0.844 bits per heavy atom. The molecular weight excluding hydrogens is 989 g/mol. The summed E-state index contributed by atoms with van der Waals surface area (Å²) < 4.78 is 42.3. The summed E-state index contributed by atoms with van der Waals surface area (Å²) in [6.07, 6.45) is 12.7. The number of cyclic esters (lactones) is 1. The summed E-state index contributed by atoms with van der Waals surface area (Å²) in [5.41, 5.74) is 1.19. The van der Waals surface area contributed by atoms with Gasteiger partial charge >= 0.3 is 5.97 Å². The Bertz CT molecular complexity index is 2040. The molecule has 4 fully saturated rings. The van der Waals surface area contributed by atoms with Crippen LogP contribution in [0.4, 0.5) is 0 Å². The van der Waals surface area contributed by atoms with E-state index in [4.69, 9.17) is 33.2 Å². The quantitative estimate of drug-likeness (QED) is 0.0759. The molecule has 0 radical (unpaired) electrons. The van der Waals surface area contributed by atoms with E-state index >= 15 is 0 Å². The van der Waals surface area contributed by atoms with Crippen LogP contribution < -0.4 is 0 Å². The highest BCUT2D eigenvalue weighted by molar-refractivity contribution is 6.39. The van der Waals surface area contributed by atoms with Gasteiger partial charge < -0.3 is 53.4 Å². The third-order valence-corrected chi connectivity index (χ3v) is 17.0. The van der Waals surface area contributed by atoms with Gasteiger partial charge in [0.25, 0.3) is 11.7 Å². The first-order chi connectivity index (χ1) is 36.7. The molecule has 77 heavy (non-hydrogen) atoms. The fraction of sp³-hybridized carbons (Fsp3) is 0.783. The first kappa shape index (κ1) is 64.3. The number of morpholine rings is 1. The highest BCUT2D eigenvalue weighted by Crippen LogP contribution is 2.38. The maximum absolute atomic E-state index is 14.6. The van der Waals surface area contributed by atoms with E-state index in [1.54, 1.807) is 34.0 Å². The van der Waals surface area contributed by atoms with Gasteiger partial charge in [-0.15, -0.1) is 0 Å². The topological polar surface area (TPSA) is 217 Å². The minimum atomic E-state index is -2.48. The average Bonchev–Trinajstić information content (AvgIpc) is 3.41. The Balaban J connectivity index is 1.41. The first-order valence-electron chi connectivity index (χ1n) is 28.8. The molecular formula is C60H96N2O15. The molecule has 436 valence electrons. The van der Waals surface area contributed by atoms with Crippen LogP contribution in [0.5, 0.6) is 0 Å². The van der Waals surface area contributed by atoms with Crippen molar-refractivity contribution in [2.24, 2.45) is 35.5 Å². The SMILES string of the molecule is CO[C@@H]1C[C@H](C[C@@H](C)[C@@H]2CC(=O)[C@H](C)/C=C(\C)[C@@H](O)[C@@H](OC)C(=O)[C@H](C)C[C@H](C)/C=C/C=C/C=C(\C)C(OCCO)C[C@@H]3CC[C@@H](C)[C@@](O)(O3)C(=O)C(=O)N3CCCCC3C(=O)O2)CC[C@H]1OCCCN1CCOC[C@H]1C. The van der Waals surface area contributed by atoms with E-state index in [-0.39, 0.29) is 80.5 Å². The van der Waals surface area contributed by atoms with Crippen LogP contribution in [0.15, 0.2) is 47.6 Å². The molecule has 4 aliphatic heterocycles. The van der Waals surface area contributed by atoms with Crippen molar-refractivity contribution < 1.29 is 72.5 Å². The number of hydrogen-bond donors (Lipinski definition) is 3. The number of amides is 1. The van der Waals surface area contributed by atoms with E-state index < -0.39 is 77.8 Å². The van der Waals surface area contributed by atoms with Gasteiger partial charge in [0.2, 0.25) is 5.79 Å². The van der Waals surface area contributed by atoms with Gasteiger partial charge in [0.15, 0.2) is 5.78 Å². The minimum absolute atomic E-state index is 0.0100. The van der Waals surface area contributed by atoms with E-state index in [2.05, 4.69) is 11.8 Å². The van der Waals surface area contributed by atoms with E-state index in [1.807, 2.05) is 58.1 Å². The van der Waals surface area contributed by atoms with Crippen LogP contribution in [0.1, 0.15) is 139 Å². The van der Waals surface area contributed by atoms with Gasteiger partial charge in [-0.1, -0.05) is 71.1 Å². The monoisotopic (exact) mass is 1080 g/mol. The van der Waals surface area contributed by atoms with Crippen LogP contribution in [0, 0.1) is 35.5 Å². The number of ketones is 3. The molecule has 5 rings (SSSR count). The van der Waals surface area contributed by atoms with Gasteiger partial charge in [0, 0.05) is 77.1 Å². The number of rotatable bonds is 13. The van der Waals surface area contributed by atoms with Crippen molar-refractivity contribution in [1.29, 1.82) is 0 Å². The summed E-state index contributed by atoms with van der Waals surface area (Å²) in [7, 11) is 3.09. The normalized spacial score (nSPS) is 38.4. The Labute approximate surface area is 459 Å². The molecule has 0 spiro atoms. The summed E-state index contributed by atoms with van der Waals surface area (Å²) in [5.74, 6) is -8.09. The number of esters is 1. The third kappa shape index (κ3) is 18.3. The zero-order valence-electron chi connectivity index (χ0n) is 48.1. The smallest absolute Gasteiger partial charge is 0.329 e. The number of carbonyl (C=O) groups excluding carboxylic acids is 5. The van der Waals surface area contributed by atoms with Crippen molar-refractivity contribution in [3.8, 4) is 0 Å². The number of aliphatic hydroxyl groups excluding tert-OH is 2. The highest BCUT2D eigenvalue weighted by Gasteiger charge is 2.53. The lowest BCUT2D eigenvalue weighted by molar-refractivity contribution is -0.266. The second-order valence-corrected chi connectivity index (χ2v) is 23.1. The predicted octanol–water partition coefficient (Wildman–Crippen LogP) is 6.68. The Hall–Kier alpha value is -3.49. The van der Waals surface area contributed by atoms with Crippen LogP contribution in [0.2, 0.25) is 0 Å². The molecule has 3 N–H and O–H groups in total. The molecule has 0 aromatic heterocycles. The van der Waals surface area contributed by atoms with Crippen LogP contribution in [0.3, 0.4) is 0 Å². The summed E-state index contributed by atoms with van der Waals surface area (Å²) in [6.45, 7) is 18.7. The summed E-state index contributed by atoms with van der Waals surface area (Å²) in [4.78, 5) is 75.4. The molecule has 1 amide bonds. The molecule has 0 aromatic rings. The molecule has 17 nitrogen and oxygen atoms in total. The number of piperidine rings is 1. The lowest BCUT2D eigenvalue weighted by Crippen LogP contribution is -2.61. The Morgan fingerprint density at radius 3 is 2.32 bits per heavy atom. The van der Waals surface area contributed by atoms with Gasteiger partial charge in [-0.3, -0.25) is 24.1 Å². The van der Waals surface area contributed by atoms with Crippen LogP contribution in [0.25, 0.3) is 0 Å². The lowest BCUT2D eigenvalue weighted by atomic mass is 9.78. The zero-order chi connectivity index (χ0) is 56.4. The van der Waals surface area contributed by atoms with Crippen molar-refractivity contribution in [3.05, 3.63) is 47.6 Å². The maximum atomic E-state index is 14.6. The summed E-state index contributed by atoms with van der Waals surface area (Å²) in [5, 5.41) is 33.4. The summed E-state index contributed by atoms with van der Waals surface area (Å²) in [6, 6.07) is -0.783. The number of fused-ring (bicyclic) bond motifs is 3. The third-order valence-electron chi connectivity index (χ3n) is 17.0. The molecule has 2 unspecified atom stereocenters. The second-order valence-electron chi connectivity index (χ2n) is 23.1. The predicted molar refractivity (Wildman–Crippen MR) is 291 cm³/mol. The van der Waals surface area contributed by atoms with Gasteiger partial charge in [0.05, 0.1) is 50.8 Å². The Morgan fingerprint density at radius 2 is 1.61 bits per heavy atom. The number of aliphatic hydroxyl groups is 3. The fourth-order valence-electron chi connectivity index (χ4n) is 12.0. The number of nitrogens with zero attached hydrogens (tertiary/aromatic N) is 2. The number of allylic oxidation sites excluding steroid dienone is 6. The van der Waals surface area contributed by atoms with Crippen molar-refractivity contribution >= 4 is 29.2 Å². The van der Waals surface area contributed by atoms with Gasteiger partial charge in [0.1, 0.15) is 30.1 Å². The van der Waals surface area contributed by atoms with Crippen molar-refractivity contribution in [2.45, 2.75) is 199 Å². The zero-order valence-corrected chi connectivity index (χ0v) is 48.1. The van der Waals surface area contributed by atoms with Crippen molar-refractivity contribution in [3.63, 3.8) is 0 Å². The van der Waals surface area contributed by atoms with Gasteiger partial charge in [-0.25, -0.2) is 4.79 Å². The lowest BCUT2D eigenvalue weighted by Gasteiger charge is -2.43. The average molecular weight is 1090 g/mol. The van der Waals surface area contributed by atoms with E-state index in [1.165, 1.54) is 12.0 Å². The summed E-state index contributed by atoms with van der Waals surface area (Å²) >= 11 is 0. The number of Topliss-reactive ketones (excluding diaryl/α,β-unsaturated/α-hetero) is 3. The fourth-order valence-corrected chi connectivity index (χ4v) is 12.0. The van der Waals surface area contributed by atoms with Crippen LogP contribution >= 0.6 is 0 Å². The van der Waals surface area contributed by atoms with Gasteiger partial charge in [-0.05, 0) is 120 Å². The molecule has 5 aliphatic rings. The van der Waals surface area contributed by atoms with E-state index in [0.29, 0.717) is 63.2 Å². The molecule has 0 aromatic carbocycles. The van der Waals surface area contributed by atoms with Gasteiger partial charge in [-0.2, -0.15) is 0 Å². The first-order valence-corrected chi connectivity index (χ1v) is 28.8. The van der Waals surface area contributed by atoms with E-state index in [0.717, 1.165) is 51.1 Å². The second kappa shape index (κ2) is 31.5. The van der Waals surface area contributed by atoms with Crippen LogP contribution in [-0.2, 0) is 57.1 Å². The molecule has 1 aliphatic carbocycles. The highest BCUT2D eigenvalue weighted by atomic mass is 16.6. The molecule has 3 saturated heterocycles. The van der Waals surface area contributed by atoms with Crippen molar-refractivity contribution in [1.82, 2.24) is 9.80 Å². The number of methoxy groups -OCH3 is 2. The Kier molecular flexibility index (Phi) is 26.3.